The summed E-state index contributed by atoms with van der Waals surface area (Å²) in [5.74, 6) is -1.84. The molecule has 3 heterocycles. The lowest BCUT2D eigenvalue weighted by molar-refractivity contribution is 0.0948. The van der Waals surface area contributed by atoms with Crippen LogP contribution >= 0.6 is 0 Å². The molecule has 1 aliphatic carbocycles. The van der Waals surface area contributed by atoms with Crippen molar-refractivity contribution in [2.75, 3.05) is 18.4 Å². The highest BCUT2D eigenvalue weighted by atomic mass is 19.2. The van der Waals surface area contributed by atoms with Crippen molar-refractivity contribution in [3.8, 4) is 0 Å². The highest BCUT2D eigenvalue weighted by molar-refractivity contribution is 5.93. The van der Waals surface area contributed by atoms with Gasteiger partial charge in [0.15, 0.2) is 11.6 Å². The zero-order chi connectivity index (χ0) is 27.6. The van der Waals surface area contributed by atoms with E-state index in [1.54, 1.807) is 6.20 Å². The van der Waals surface area contributed by atoms with Crippen LogP contribution in [-0.4, -0.2) is 55.5 Å². The molecule has 40 heavy (non-hydrogen) atoms. The second-order valence-electron chi connectivity index (χ2n) is 10.4. The fourth-order valence-electron chi connectivity index (χ4n) is 5.13. The molecule has 1 amide bonds. The van der Waals surface area contributed by atoms with Crippen LogP contribution in [-0.2, 0) is 13.1 Å². The topological polar surface area (TPSA) is 105 Å². The quantitative estimate of drug-likeness (QED) is 0.349. The number of anilines is 1. The smallest absolute Gasteiger partial charge is 0.266 e. The Hall–Kier alpha value is -4.25. The van der Waals surface area contributed by atoms with E-state index in [0.717, 1.165) is 61.0 Å². The first kappa shape index (κ1) is 26.0. The molecule has 2 N–H and O–H groups in total. The predicted octanol–water partition coefficient (Wildman–Crippen LogP) is 3.48. The van der Waals surface area contributed by atoms with Gasteiger partial charge in [-0.1, -0.05) is 12.1 Å². The van der Waals surface area contributed by atoms with Crippen molar-refractivity contribution in [1.29, 1.82) is 0 Å². The van der Waals surface area contributed by atoms with Gasteiger partial charge in [-0.3, -0.25) is 19.1 Å². The summed E-state index contributed by atoms with van der Waals surface area (Å²) in [4.78, 5) is 41.5. The molecule has 4 aromatic rings. The molecule has 206 valence electrons. The third kappa shape index (κ3) is 5.84. The van der Waals surface area contributed by atoms with Gasteiger partial charge in [0.2, 0.25) is 0 Å². The van der Waals surface area contributed by atoms with Crippen LogP contribution in [0, 0.1) is 11.6 Å². The molecule has 11 heteroatoms. The van der Waals surface area contributed by atoms with Gasteiger partial charge in [0, 0.05) is 37.9 Å². The Labute approximate surface area is 229 Å². The molecular formula is C29H29F2N7O2. The van der Waals surface area contributed by atoms with Crippen molar-refractivity contribution in [3.63, 3.8) is 0 Å². The van der Waals surface area contributed by atoms with E-state index in [-0.39, 0.29) is 18.7 Å². The highest BCUT2D eigenvalue weighted by Crippen LogP contribution is 2.30. The molecule has 1 aliphatic heterocycles. The number of hydrogen-bond donors (Lipinski definition) is 2. The zero-order valence-corrected chi connectivity index (χ0v) is 21.8. The zero-order valence-electron chi connectivity index (χ0n) is 21.8. The van der Waals surface area contributed by atoms with Gasteiger partial charge in [0.1, 0.15) is 11.4 Å². The summed E-state index contributed by atoms with van der Waals surface area (Å²) < 4.78 is 28.0. The van der Waals surface area contributed by atoms with Gasteiger partial charge in [-0.05, 0) is 61.1 Å². The predicted molar refractivity (Wildman–Crippen MR) is 146 cm³/mol. The molecule has 0 radical (unpaired) electrons. The van der Waals surface area contributed by atoms with Crippen LogP contribution in [0.1, 0.15) is 47.2 Å². The van der Waals surface area contributed by atoms with Gasteiger partial charge in [0.05, 0.1) is 30.1 Å². The average molecular weight is 546 g/mol. The van der Waals surface area contributed by atoms with Crippen molar-refractivity contribution < 1.29 is 13.6 Å². The normalized spacial score (nSPS) is 16.2. The summed E-state index contributed by atoms with van der Waals surface area (Å²) in [7, 11) is 0. The van der Waals surface area contributed by atoms with Gasteiger partial charge >= 0.3 is 0 Å². The van der Waals surface area contributed by atoms with E-state index in [1.807, 2.05) is 18.2 Å². The van der Waals surface area contributed by atoms with Crippen LogP contribution < -0.4 is 16.2 Å². The lowest BCUT2D eigenvalue weighted by Crippen LogP contribution is -2.40. The minimum atomic E-state index is -1.01. The number of hydrogen-bond acceptors (Lipinski definition) is 7. The van der Waals surface area contributed by atoms with Gasteiger partial charge in [0.25, 0.3) is 11.5 Å². The van der Waals surface area contributed by atoms with E-state index in [4.69, 9.17) is 4.98 Å². The summed E-state index contributed by atoms with van der Waals surface area (Å²) >= 11 is 0. The van der Waals surface area contributed by atoms with Gasteiger partial charge in [-0.2, -0.15) is 0 Å². The molecular weight excluding hydrogens is 516 g/mol. The highest BCUT2D eigenvalue weighted by Gasteiger charge is 2.31. The Bertz CT molecular complexity index is 1610. The van der Waals surface area contributed by atoms with Gasteiger partial charge in [-0.15, -0.1) is 0 Å². The Morgan fingerprint density at radius 1 is 0.950 bits per heavy atom. The van der Waals surface area contributed by atoms with Gasteiger partial charge < -0.3 is 15.5 Å². The Kier molecular flexibility index (Phi) is 7.21. The molecule has 1 saturated heterocycles. The molecule has 0 bridgehead atoms. The number of likely N-dealkylation sites (tertiary alicyclic amines) is 1. The van der Waals surface area contributed by atoms with Crippen LogP contribution in [0.15, 0.2) is 59.9 Å². The number of amides is 1. The standard InChI is InChI=1S/C29H29F2N7O2/c30-23-5-1-19(11-24(23)31)16-38-17-32-14-22(29(38)40)28(39)34-13-18-2-6-25-26(12-18)36-27(15-33-25)35-20-7-9-37(10-8-20)21-3-4-21/h1-2,5-6,11-12,14-15,17,20-21H,3-4,7-10,13,16H2,(H,34,39)(H,35,36). The largest absolute Gasteiger partial charge is 0.366 e. The fourth-order valence-corrected chi connectivity index (χ4v) is 5.13. The van der Waals surface area contributed by atoms with Crippen LogP contribution in [0.3, 0.4) is 0 Å². The number of nitrogens with zero attached hydrogens (tertiary/aromatic N) is 5. The molecule has 0 unspecified atom stereocenters. The lowest BCUT2D eigenvalue weighted by Gasteiger charge is -2.32. The first-order valence-corrected chi connectivity index (χ1v) is 13.5. The first-order valence-electron chi connectivity index (χ1n) is 13.5. The molecule has 9 nitrogen and oxygen atoms in total. The number of carbonyl (C=O) groups excluding carboxylic acids is 1. The fraction of sp³-hybridized carbons (Fsp3) is 0.345. The van der Waals surface area contributed by atoms with E-state index >= 15 is 0 Å². The number of rotatable bonds is 8. The Balaban J connectivity index is 1.09. The van der Waals surface area contributed by atoms with E-state index in [2.05, 4.69) is 25.5 Å². The van der Waals surface area contributed by atoms with Crippen LogP contribution in [0.4, 0.5) is 14.6 Å². The third-order valence-corrected chi connectivity index (χ3v) is 7.49. The summed E-state index contributed by atoms with van der Waals surface area (Å²) in [5.41, 5.74) is 1.90. The number of fused-ring (bicyclic) bond motifs is 1. The lowest BCUT2D eigenvalue weighted by atomic mass is 10.1. The third-order valence-electron chi connectivity index (χ3n) is 7.49. The molecule has 0 spiro atoms. The van der Waals surface area contributed by atoms with Crippen LogP contribution in [0.5, 0.6) is 0 Å². The summed E-state index contributed by atoms with van der Waals surface area (Å²) in [6, 6.07) is 10.1. The molecule has 1 saturated carbocycles. The van der Waals surface area contributed by atoms with E-state index in [1.165, 1.54) is 36.0 Å². The Morgan fingerprint density at radius 3 is 2.52 bits per heavy atom. The Morgan fingerprint density at radius 2 is 1.75 bits per heavy atom. The monoisotopic (exact) mass is 545 g/mol. The van der Waals surface area contributed by atoms with Crippen LogP contribution in [0.2, 0.25) is 0 Å². The second-order valence-corrected chi connectivity index (χ2v) is 10.4. The van der Waals surface area contributed by atoms with Crippen molar-refractivity contribution in [3.05, 3.63) is 93.8 Å². The average Bonchev–Trinajstić information content (AvgIpc) is 3.81. The van der Waals surface area contributed by atoms with E-state index in [0.29, 0.717) is 17.1 Å². The SMILES string of the molecule is O=C(NCc1ccc2ncc(NC3CCN(C4CC4)CC3)nc2c1)c1cncn(Cc2ccc(F)c(F)c2)c1=O. The summed E-state index contributed by atoms with van der Waals surface area (Å²) in [6.07, 6.45) is 9.03. The summed E-state index contributed by atoms with van der Waals surface area (Å²) in [6.45, 7) is 2.34. The maximum Gasteiger partial charge on any atom is 0.266 e. The number of halogens is 2. The number of carbonyl (C=O) groups is 1. The molecule has 2 aliphatic rings. The molecule has 2 aromatic heterocycles. The van der Waals surface area contributed by atoms with Crippen molar-refractivity contribution in [2.45, 2.75) is 50.9 Å². The molecule has 6 rings (SSSR count). The minimum absolute atomic E-state index is 0.0521. The van der Waals surface area contributed by atoms with Gasteiger partial charge in [-0.25, -0.2) is 18.7 Å². The van der Waals surface area contributed by atoms with Crippen molar-refractivity contribution >= 4 is 22.8 Å². The van der Waals surface area contributed by atoms with Crippen molar-refractivity contribution in [2.24, 2.45) is 0 Å². The first-order chi connectivity index (χ1) is 19.4. The number of aromatic nitrogens is 4. The maximum atomic E-state index is 13.6. The minimum Gasteiger partial charge on any atom is -0.366 e. The van der Waals surface area contributed by atoms with E-state index in [9.17, 15) is 18.4 Å². The van der Waals surface area contributed by atoms with Crippen molar-refractivity contribution in [1.82, 2.24) is 29.7 Å². The molecule has 2 fully saturated rings. The number of nitrogens with one attached hydrogen (secondary N) is 2. The maximum absolute atomic E-state index is 13.6. The second kappa shape index (κ2) is 11.1. The van der Waals surface area contributed by atoms with Crippen LogP contribution in [0.25, 0.3) is 11.0 Å². The number of benzene rings is 2. The summed E-state index contributed by atoms with van der Waals surface area (Å²) in [5, 5.41) is 6.28. The molecule has 2 aromatic carbocycles. The van der Waals surface area contributed by atoms with E-state index < -0.39 is 23.1 Å². The molecule has 0 atom stereocenters. The number of piperidine rings is 1.